The zero-order valence-corrected chi connectivity index (χ0v) is 15.4. The lowest BCUT2D eigenvalue weighted by atomic mass is 10.2. The lowest BCUT2D eigenvalue weighted by Crippen LogP contribution is -2.15. The summed E-state index contributed by atoms with van der Waals surface area (Å²) in [7, 11) is 0. The van der Waals surface area contributed by atoms with Gasteiger partial charge in [0.1, 0.15) is 0 Å². The third kappa shape index (κ3) is 3.07. The Bertz CT molecular complexity index is 1080. The SMILES string of the molecule is Cc1c(-c2nc(-c3cn(Cc4ccccc4)nn3)no2)nnn1C1CCNC1. The van der Waals surface area contributed by atoms with E-state index in [9.17, 15) is 0 Å². The van der Waals surface area contributed by atoms with Crippen molar-refractivity contribution >= 4 is 0 Å². The zero-order valence-electron chi connectivity index (χ0n) is 15.4. The van der Waals surface area contributed by atoms with E-state index in [1.54, 1.807) is 10.9 Å². The van der Waals surface area contributed by atoms with Crippen LogP contribution in [0.3, 0.4) is 0 Å². The van der Waals surface area contributed by atoms with E-state index in [2.05, 4.69) is 36.1 Å². The van der Waals surface area contributed by atoms with Gasteiger partial charge in [0.25, 0.3) is 5.89 Å². The smallest absolute Gasteiger partial charge is 0.280 e. The van der Waals surface area contributed by atoms with Crippen LogP contribution in [0.1, 0.15) is 23.7 Å². The zero-order chi connectivity index (χ0) is 18.9. The summed E-state index contributed by atoms with van der Waals surface area (Å²) in [5.41, 5.74) is 3.20. The number of aromatic nitrogens is 8. The largest absolute Gasteiger partial charge is 0.332 e. The van der Waals surface area contributed by atoms with Crippen molar-refractivity contribution in [3.8, 4) is 23.1 Å². The van der Waals surface area contributed by atoms with Crippen LogP contribution in [-0.2, 0) is 6.54 Å². The predicted octanol–water partition coefficient (Wildman–Crippen LogP) is 1.48. The van der Waals surface area contributed by atoms with Crippen molar-refractivity contribution in [2.45, 2.75) is 25.9 Å². The normalized spacial score (nSPS) is 16.7. The van der Waals surface area contributed by atoms with Gasteiger partial charge in [0.2, 0.25) is 5.82 Å². The molecule has 28 heavy (non-hydrogen) atoms. The Labute approximate surface area is 160 Å². The van der Waals surface area contributed by atoms with Gasteiger partial charge in [-0.1, -0.05) is 45.9 Å². The summed E-state index contributed by atoms with van der Waals surface area (Å²) in [5, 5.41) is 24.2. The van der Waals surface area contributed by atoms with Crippen LogP contribution >= 0.6 is 0 Å². The van der Waals surface area contributed by atoms with Gasteiger partial charge in [0.15, 0.2) is 11.4 Å². The minimum atomic E-state index is 0.307. The van der Waals surface area contributed by atoms with Crippen molar-refractivity contribution in [2.24, 2.45) is 0 Å². The quantitative estimate of drug-likeness (QED) is 0.556. The van der Waals surface area contributed by atoms with Crippen LogP contribution < -0.4 is 5.32 Å². The maximum Gasteiger partial charge on any atom is 0.280 e. The highest BCUT2D eigenvalue weighted by Gasteiger charge is 2.24. The predicted molar refractivity (Wildman–Crippen MR) is 99.1 cm³/mol. The van der Waals surface area contributed by atoms with E-state index >= 15 is 0 Å². The fourth-order valence-electron chi connectivity index (χ4n) is 3.41. The summed E-state index contributed by atoms with van der Waals surface area (Å²) < 4.78 is 9.09. The number of hydrogen-bond acceptors (Lipinski definition) is 8. The van der Waals surface area contributed by atoms with Crippen LogP contribution in [0.15, 0.2) is 41.1 Å². The fraction of sp³-hybridized carbons (Fsp3) is 0.333. The van der Waals surface area contributed by atoms with Gasteiger partial charge in [-0.15, -0.1) is 10.2 Å². The molecule has 1 unspecified atom stereocenters. The van der Waals surface area contributed by atoms with E-state index in [0.717, 1.165) is 30.8 Å². The molecule has 0 spiro atoms. The van der Waals surface area contributed by atoms with Gasteiger partial charge < -0.3 is 9.84 Å². The van der Waals surface area contributed by atoms with Crippen molar-refractivity contribution in [1.29, 1.82) is 0 Å². The molecule has 0 amide bonds. The lowest BCUT2D eigenvalue weighted by Gasteiger charge is -2.09. The molecule has 3 aromatic heterocycles. The average Bonchev–Trinajstić information content (AvgIpc) is 3.49. The Hall–Kier alpha value is -3.40. The fourth-order valence-corrected chi connectivity index (χ4v) is 3.41. The molecule has 1 saturated heterocycles. The standard InChI is InChI=1S/C18H19N9O/c1-12-16(22-25-27(12)14-7-8-19-9-14)18-20-17(23-28-18)15-11-26(24-21-15)10-13-5-3-2-4-6-13/h2-6,11,14,19H,7-10H2,1H3. The first-order valence-corrected chi connectivity index (χ1v) is 9.19. The molecule has 1 atom stereocenters. The molecule has 0 bridgehead atoms. The van der Waals surface area contributed by atoms with E-state index < -0.39 is 0 Å². The maximum atomic E-state index is 5.42. The molecule has 10 heteroatoms. The van der Waals surface area contributed by atoms with Gasteiger partial charge in [-0.25, -0.2) is 9.36 Å². The summed E-state index contributed by atoms with van der Waals surface area (Å²) in [5.74, 6) is 0.716. The van der Waals surface area contributed by atoms with Crippen molar-refractivity contribution in [1.82, 2.24) is 45.4 Å². The Balaban J connectivity index is 1.37. The molecular weight excluding hydrogens is 358 g/mol. The van der Waals surface area contributed by atoms with Crippen LogP contribution in [0.5, 0.6) is 0 Å². The highest BCUT2D eigenvalue weighted by atomic mass is 16.5. The number of hydrogen-bond donors (Lipinski definition) is 1. The molecule has 1 aliphatic heterocycles. The molecule has 5 rings (SSSR count). The lowest BCUT2D eigenvalue weighted by molar-refractivity contribution is 0.430. The number of nitrogens with zero attached hydrogens (tertiary/aromatic N) is 8. The Morgan fingerprint density at radius 3 is 2.89 bits per heavy atom. The number of nitrogens with one attached hydrogen (secondary N) is 1. The van der Waals surface area contributed by atoms with E-state index in [4.69, 9.17) is 4.52 Å². The van der Waals surface area contributed by atoms with Crippen LogP contribution in [0.4, 0.5) is 0 Å². The number of benzene rings is 1. The van der Waals surface area contributed by atoms with Crippen LogP contribution in [0.2, 0.25) is 0 Å². The highest BCUT2D eigenvalue weighted by molar-refractivity contribution is 5.54. The van der Waals surface area contributed by atoms with Crippen LogP contribution in [-0.4, -0.2) is 53.2 Å². The third-order valence-corrected chi connectivity index (χ3v) is 4.89. The summed E-state index contributed by atoms with van der Waals surface area (Å²) in [4.78, 5) is 4.45. The monoisotopic (exact) mass is 377 g/mol. The summed E-state index contributed by atoms with van der Waals surface area (Å²) in [6.07, 6.45) is 2.83. The molecular formula is C18H19N9O. The van der Waals surface area contributed by atoms with Gasteiger partial charge in [0, 0.05) is 6.54 Å². The summed E-state index contributed by atoms with van der Waals surface area (Å²) in [6, 6.07) is 10.4. The molecule has 0 aliphatic carbocycles. The highest BCUT2D eigenvalue weighted by Crippen LogP contribution is 2.25. The molecule has 4 heterocycles. The van der Waals surface area contributed by atoms with E-state index in [0.29, 0.717) is 35.7 Å². The maximum absolute atomic E-state index is 5.42. The molecule has 0 saturated carbocycles. The molecule has 1 N–H and O–H groups in total. The summed E-state index contributed by atoms with van der Waals surface area (Å²) in [6.45, 7) is 4.47. The molecule has 1 fully saturated rings. The minimum absolute atomic E-state index is 0.307. The molecule has 10 nitrogen and oxygen atoms in total. The van der Waals surface area contributed by atoms with Crippen LogP contribution in [0, 0.1) is 6.92 Å². The average molecular weight is 377 g/mol. The van der Waals surface area contributed by atoms with Crippen molar-refractivity contribution in [3.63, 3.8) is 0 Å². The number of rotatable bonds is 5. The van der Waals surface area contributed by atoms with Gasteiger partial charge in [-0.2, -0.15) is 4.98 Å². The van der Waals surface area contributed by atoms with Gasteiger partial charge >= 0.3 is 0 Å². The minimum Gasteiger partial charge on any atom is -0.332 e. The molecule has 0 radical (unpaired) electrons. The summed E-state index contributed by atoms with van der Waals surface area (Å²) >= 11 is 0. The molecule has 4 aromatic rings. The molecule has 1 aromatic carbocycles. The van der Waals surface area contributed by atoms with Gasteiger partial charge in [0.05, 0.1) is 24.5 Å². The van der Waals surface area contributed by atoms with Crippen molar-refractivity contribution in [3.05, 3.63) is 47.8 Å². The topological polar surface area (TPSA) is 112 Å². The van der Waals surface area contributed by atoms with Gasteiger partial charge in [-0.05, 0) is 25.5 Å². The molecule has 142 valence electrons. The second-order valence-corrected chi connectivity index (χ2v) is 6.82. The van der Waals surface area contributed by atoms with E-state index in [1.165, 1.54) is 0 Å². The third-order valence-electron chi connectivity index (χ3n) is 4.89. The first-order valence-electron chi connectivity index (χ1n) is 9.19. The van der Waals surface area contributed by atoms with Crippen LogP contribution in [0.25, 0.3) is 23.1 Å². The first-order chi connectivity index (χ1) is 13.8. The first kappa shape index (κ1) is 16.8. The van der Waals surface area contributed by atoms with Crippen molar-refractivity contribution < 1.29 is 4.52 Å². The second kappa shape index (κ2) is 6.97. The Kier molecular flexibility index (Phi) is 4.17. The van der Waals surface area contributed by atoms with E-state index in [1.807, 2.05) is 41.9 Å². The Morgan fingerprint density at radius 2 is 2.07 bits per heavy atom. The second-order valence-electron chi connectivity index (χ2n) is 6.82. The van der Waals surface area contributed by atoms with Gasteiger partial charge in [-0.3, -0.25) is 0 Å². The Morgan fingerprint density at radius 1 is 1.18 bits per heavy atom. The molecule has 1 aliphatic rings. The van der Waals surface area contributed by atoms with E-state index in [-0.39, 0.29) is 0 Å². The van der Waals surface area contributed by atoms with Crippen molar-refractivity contribution in [2.75, 3.05) is 13.1 Å².